The average Bonchev–Trinajstić information content (AvgIpc) is 3.39. The normalized spacial score (nSPS) is 11.8. The molecule has 0 aliphatic heterocycles. The van der Waals surface area contributed by atoms with Crippen LogP contribution in [0, 0.1) is 0 Å². The molecule has 154 valence electrons. The molecular weight excluding hydrogens is 384 g/mol. The van der Waals surface area contributed by atoms with E-state index >= 15 is 0 Å². The number of benzene rings is 2. The second-order valence-electron chi connectivity index (χ2n) is 7.58. The van der Waals surface area contributed by atoms with Crippen LogP contribution in [0.15, 0.2) is 72.0 Å². The monoisotopic (exact) mass is 408 g/mol. The van der Waals surface area contributed by atoms with Crippen LogP contribution in [0.3, 0.4) is 0 Å². The number of imidazole rings is 2. The van der Waals surface area contributed by atoms with Gasteiger partial charge in [0.1, 0.15) is 11.5 Å². The molecule has 6 nitrogen and oxygen atoms in total. The van der Waals surface area contributed by atoms with Crippen LogP contribution in [0.5, 0.6) is 0 Å². The maximum Gasteiger partial charge on any atom is 0.159 e. The minimum Gasteiger partial charge on any atom is -0.326 e. The highest BCUT2D eigenvalue weighted by molar-refractivity contribution is 5.87. The lowest BCUT2D eigenvalue weighted by Gasteiger charge is -2.11. The largest absolute Gasteiger partial charge is 0.326 e. The molecule has 0 amide bonds. The first kappa shape index (κ1) is 19.2. The molecule has 0 N–H and O–H groups in total. The van der Waals surface area contributed by atoms with Crippen LogP contribution in [0.2, 0.25) is 0 Å². The number of aromatic nitrogens is 5. The van der Waals surface area contributed by atoms with E-state index in [1.165, 1.54) is 0 Å². The van der Waals surface area contributed by atoms with Crippen LogP contribution < -0.4 is 0 Å². The average molecular weight is 409 g/mol. The molecular formula is C25H24N6. The van der Waals surface area contributed by atoms with Crippen LogP contribution in [0.1, 0.15) is 24.7 Å². The predicted molar refractivity (Wildman–Crippen MR) is 126 cm³/mol. The molecule has 3 aromatic heterocycles. The van der Waals surface area contributed by atoms with Crippen molar-refractivity contribution in [3.05, 3.63) is 78.4 Å². The van der Waals surface area contributed by atoms with Crippen molar-refractivity contribution in [2.75, 3.05) is 7.05 Å². The predicted octanol–water partition coefficient (Wildman–Crippen LogP) is 4.96. The SMILES string of the molecule is CCCn1c(Cn2ccnc2-c2ccc3ccccc3n2)nc2cc(C=NC)ccc21. The number of para-hydroxylation sites is 1. The van der Waals surface area contributed by atoms with E-state index < -0.39 is 0 Å². The summed E-state index contributed by atoms with van der Waals surface area (Å²) in [7, 11) is 1.78. The first-order chi connectivity index (χ1) is 15.3. The number of rotatable bonds is 6. The Balaban J connectivity index is 1.55. The topological polar surface area (TPSA) is 60.9 Å². The zero-order valence-electron chi connectivity index (χ0n) is 17.7. The van der Waals surface area contributed by atoms with Gasteiger partial charge in [0.05, 0.1) is 23.1 Å². The third-order valence-corrected chi connectivity index (χ3v) is 5.43. The van der Waals surface area contributed by atoms with Crippen LogP contribution in [-0.4, -0.2) is 37.3 Å². The van der Waals surface area contributed by atoms with E-state index in [-0.39, 0.29) is 0 Å². The number of hydrogen-bond donors (Lipinski definition) is 0. The van der Waals surface area contributed by atoms with Crippen LogP contribution in [0.25, 0.3) is 33.5 Å². The van der Waals surface area contributed by atoms with Gasteiger partial charge < -0.3 is 9.13 Å². The Morgan fingerprint density at radius 2 is 1.90 bits per heavy atom. The van der Waals surface area contributed by atoms with E-state index in [0.29, 0.717) is 6.54 Å². The summed E-state index contributed by atoms with van der Waals surface area (Å²) in [6, 6.07) is 18.6. The van der Waals surface area contributed by atoms with E-state index in [4.69, 9.17) is 9.97 Å². The molecule has 0 spiro atoms. The summed E-state index contributed by atoms with van der Waals surface area (Å²) in [6.45, 7) is 3.75. The standard InChI is InChI=1S/C25H24N6/c1-3-13-31-23-11-8-18(16-26-2)15-22(23)29-24(31)17-30-14-12-27-25(30)21-10-9-19-6-4-5-7-20(19)28-21/h4-12,14-16H,3,13,17H2,1-2H3. The Morgan fingerprint density at radius 1 is 1.00 bits per heavy atom. The second-order valence-corrected chi connectivity index (χ2v) is 7.58. The van der Waals surface area contributed by atoms with Crippen molar-refractivity contribution in [2.24, 2.45) is 4.99 Å². The Morgan fingerprint density at radius 3 is 2.77 bits per heavy atom. The van der Waals surface area contributed by atoms with Gasteiger partial charge in [-0.15, -0.1) is 0 Å². The lowest BCUT2D eigenvalue weighted by Crippen LogP contribution is -2.09. The molecule has 0 atom stereocenters. The molecule has 0 aliphatic carbocycles. The number of aryl methyl sites for hydroxylation is 1. The third kappa shape index (κ3) is 3.61. The maximum atomic E-state index is 4.97. The zero-order valence-corrected chi connectivity index (χ0v) is 17.7. The van der Waals surface area contributed by atoms with Gasteiger partial charge in [0.15, 0.2) is 5.82 Å². The Labute approximate surface area is 180 Å². The van der Waals surface area contributed by atoms with Crippen molar-refractivity contribution < 1.29 is 0 Å². The molecule has 0 saturated heterocycles. The van der Waals surface area contributed by atoms with Gasteiger partial charge >= 0.3 is 0 Å². The number of nitrogens with zero attached hydrogens (tertiary/aromatic N) is 6. The highest BCUT2D eigenvalue weighted by Gasteiger charge is 2.14. The minimum atomic E-state index is 0.635. The fourth-order valence-electron chi connectivity index (χ4n) is 4.03. The molecule has 0 bridgehead atoms. The van der Waals surface area contributed by atoms with Crippen molar-refractivity contribution in [1.29, 1.82) is 0 Å². The van der Waals surface area contributed by atoms with E-state index in [1.807, 2.05) is 42.9 Å². The first-order valence-corrected chi connectivity index (χ1v) is 10.6. The lowest BCUT2D eigenvalue weighted by molar-refractivity contribution is 0.627. The Kier molecular flexibility index (Phi) is 5.04. The van der Waals surface area contributed by atoms with Gasteiger partial charge in [-0.05, 0) is 36.2 Å². The zero-order chi connectivity index (χ0) is 21.2. The number of hydrogen-bond acceptors (Lipinski definition) is 4. The lowest BCUT2D eigenvalue weighted by atomic mass is 10.2. The van der Waals surface area contributed by atoms with E-state index in [9.17, 15) is 0 Å². The van der Waals surface area contributed by atoms with Gasteiger partial charge in [0.25, 0.3) is 0 Å². The smallest absolute Gasteiger partial charge is 0.159 e. The van der Waals surface area contributed by atoms with E-state index in [2.05, 4.69) is 56.4 Å². The number of pyridine rings is 1. The summed E-state index contributed by atoms with van der Waals surface area (Å²) in [6.07, 6.45) is 6.73. The molecule has 3 heterocycles. The molecule has 31 heavy (non-hydrogen) atoms. The van der Waals surface area contributed by atoms with Crippen LogP contribution in [-0.2, 0) is 13.1 Å². The van der Waals surface area contributed by atoms with Gasteiger partial charge in [-0.1, -0.05) is 37.3 Å². The summed E-state index contributed by atoms with van der Waals surface area (Å²) >= 11 is 0. The highest BCUT2D eigenvalue weighted by atomic mass is 15.2. The van der Waals surface area contributed by atoms with E-state index in [1.54, 1.807) is 7.05 Å². The fraction of sp³-hybridized carbons (Fsp3) is 0.200. The summed E-state index contributed by atoms with van der Waals surface area (Å²) < 4.78 is 4.43. The van der Waals surface area contributed by atoms with Crippen LogP contribution >= 0.6 is 0 Å². The number of fused-ring (bicyclic) bond motifs is 2. The van der Waals surface area contributed by atoms with Gasteiger partial charge in [0.2, 0.25) is 0 Å². The second kappa shape index (κ2) is 8.14. The molecule has 2 aromatic carbocycles. The Hall–Kier alpha value is -3.80. The van der Waals surface area contributed by atoms with Crippen molar-refractivity contribution in [3.63, 3.8) is 0 Å². The molecule has 0 saturated carbocycles. The van der Waals surface area contributed by atoms with E-state index in [0.717, 1.165) is 57.8 Å². The van der Waals surface area contributed by atoms with Crippen molar-refractivity contribution >= 4 is 28.2 Å². The quantitative estimate of drug-likeness (QED) is 0.373. The minimum absolute atomic E-state index is 0.635. The van der Waals surface area contributed by atoms with Gasteiger partial charge in [-0.2, -0.15) is 0 Å². The van der Waals surface area contributed by atoms with Gasteiger partial charge in [0, 0.05) is 37.6 Å². The van der Waals surface area contributed by atoms with Crippen molar-refractivity contribution in [3.8, 4) is 11.5 Å². The summed E-state index contributed by atoms with van der Waals surface area (Å²) in [5, 5.41) is 1.13. The molecule has 0 unspecified atom stereocenters. The Bertz CT molecular complexity index is 1390. The molecule has 0 radical (unpaired) electrons. The third-order valence-electron chi connectivity index (χ3n) is 5.43. The van der Waals surface area contributed by atoms with Gasteiger partial charge in [-0.25, -0.2) is 15.0 Å². The molecule has 5 rings (SSSR count). The summed E-state index contributed by atoms with van der Waals surface area (Å²) in [5.74, 6) is 1.86. The molecule has 0 aliphatic rings. The highest BCUT2D eigenvalue weighted by Crippen LogP contribution is 2.23. The molecule has 0 fully saturated rings. The van der Waals surface area contributed by atoms with Gasteiger partial charge in [-0.3, -0.25) is 4.99 Å². The van der Waals surface area contributed by atoms with Crippen molar-refractivity contribution in [1.82, 2.24) is 24.1 Å². The maximum absolute atomic E-state index is 4.97. The summed E-state index contributed by atoms with van der Waals surface area (Å²) in [4.78, 5) is 18.5. The first-order valence-electron chi connectivity index (χ1n) is 10.6. The fourth-order valence-corrected chi connectivity index (χ4v) is 4.03. The summed E-state index contributed by atoms with van der Waals surface area (Å²) in [5.41, 5.74) is 5.04. The van der Waals surface area contributed by atoms with Crippen LogP contribution in [0.4, 0.5) is 0 Å². The molecule has 5 aromatic rings. The van der Waals surface area contributed by atoms with Crippen molar-refractivity contribution in [2.45, 2.75) is 26.4 Å². The molecule has 6 heteroatoms. The number of aliphatic imine (C=N–C) groups is 1.